The van der Waals surface area contributed by atoms with E-state index in [4.69, 9.17) is 0 Å². The van der Waals surface area contributed by atoms with E-state index in [9.17, 15) is 9.59 Å². The minimum atomic E-state index is -0.368. The third kappa shape index (κ3) is 13.5. The quantitative estimate of drug-likeness (QED) is 0.388. The van der Waals surface area contributed by atoms with Crippen LogP contribution >= 0.6 is 0 Å². The van der Waals surface area contributed by atoms with Gasteiger partial charge in [-0.25, -0.2) is 0 Å². The number of hydrogen-bond acceptors (Lipinski definition) is 4. The van der Waals surface area contributed by atoms with E-state index in [-0.39, 0.29) is 18.2 Å². The van der Waals surface area contributed by atoms with Crippen LogP contribution < -0.4 is 5.48 Å². The molecule has 0 heterocycles. The van der Waals surface area contributed by atoms with Crippen LogP contribution in [0.5, 0.6) is 0 Å². The molecular weight excluding hydrogens is 254 g/mol. The van der Waals surface area contributed by atoms with Gasteiger partial charge in [-0.05, 0) is 6.42 Å². The van der Waals surface area contributed by atoms with Gasteiger partial charge in [-0.2, -0.15) is 5.48 Å². The summed E-state index contributed by atoms with van der Waals surface area (Å²) in [7, 11) is 1.53. The summed E-state index contributed by atoms with van der Waals surface area (Å²) >= 11 is 0. The summed E-state index contributed by atoms with van der Waals surface area (Å²) in [6.45, 7) is 2.23. The molecule has 0 amide bonds. The Balaban J connectivity index is 3.25. The molecule has 0 fully saturated rings. The molecule has 0 bridgehead atoms. The largest absolute Gasteiger partial charge is 0.371 e. The summed E-state index contributed by atoms with van der Waals surface area (Å²) in [5.41, 5.74) is 2.31. The summed E-state index contributed by atoms with van der Waals surface area (Å²) in [4.78, 5) is 27.1. The molecule has 0 aromatic heterocycles. The van der Waals surface area contributed by atoms with Crippen molar-refractivity contribution in [3.63, 3.8) is 0 Å². The molecule has 4 nitrogen and oxygen atoms in total. The highest BCUT2D eigenvalue weighted by Crippen LogP contribution is 2.11. The fraction of sp³-hybridized carbons (Fsp3) is 0.875. The zero-order chi connectivity index (χ0) is 15.1. The fourth-order valence-corrected chi connectivity index (χ4v) is 2.16. The third-order valence-electron chi connectivity index (χ3n) is 3.38. The normalized spacial score (nSPS) is 10.5. The Bertz CT molecular complexity index is 254. The van der Waals surface area contributed by atoms with Gasteiger partial charge in [-0.15, -0.1) is 0 Å². The first kappa shape index (κ1) is 19.1. The first-order valence-corrected chi connectivity index (χ1v) is 8.08. The zero-order valence-electron chi connectivity index (χ0n) is 13.2. The minimum absolute atomic E-state index is 0.168. The second-order valence-corrected chi connectivity index (χ2v) is 5.30. The molecule has 118 valence electrons. The van der Waals surface area contributed by atoms with Gasteiger partial charge < -0.3 is 4.84 Å². The van der Waals surface area contributed by atoms with Crippen LogP contribution in [0, 0.1) is 0 Å². The van der Waals surface area contributed by atoms with Crippen LogP contribution in [0.25, 0.3) is 0 Å². The maximum atomic E-state index is 11.5. The predicted molar refractivity (Wildman–Crippen MR) is 81.2 cm³/mol. The number of nitrogens with one attached hydrogen (secondary N) is 1. The van der Waals surface area contributed by atoms with E-state index in [2.05, 4.69) is 17.2 Å². The molecule has 0 saturated carbocycles. The average Bonchev–Trinajstić information content (AvgIpc) is 2.43. The number of unbranched alkanes of at least 4 members (excludes halogenated alkanes) is 8. The fourth-order valence-electron chi connectivity index (χ4n) is 2.16. The van der Waals surface area contributed by atoms with Crippen LogP contribution in [0.15, 0.2) is 0 Å². The highest BCUT2D eigenvalue weighted by molar-refractivity contribution is 5.82. The van der Waals surface area contributed by atoms with Crippen molar-refractivity contribution in [3.05, 3.63) is 0 Å². The lowest BCUT2D eigenvalue weighted by Crippen LogP contribution is -2.15. The van der Waals surface area contributed by atoms with E-state index in [0.29, 0.717) is 12.8 Å². The van der Waals surface area contributed by atoms with Crippen LogP contribution in [-0.4, -0.2) is 18.8 Å². The number of rotatable bonds is 14. The second-order valence-electron chi connectivity index (χ2n) is 5.30. The van der Waals surface area contributed by atoms with Crippen LogP contribution in [-0.2, 0) is 14.4 Å². The Morgan fingerprint density at radius 2 is 1.35 bits per heavy atom. The Hall–Kier alpha value is -0.900. The predicted octanol–water partition coefficient (Wildman–Crippen LogP) is 3.93. The first-order chi connectivity index (χ1) is 9.70. The van der Waals surface area contributed by atoms with E-state index in [1.165, 1.54) is 52.0 Å². The molecule has 0 unspecified atom stereocenters. The van der Waals surface area contributed by atoms with E-state index >= 15 is 0 Å². The van der Waals surface area contributed by atoms with Gasteiger partial charge in [0, 0.05) is 19.9 Å². The Labute approximate surface area is 123 Å². The van der Waals surface area contributed by atoms with Gasteiger partial charge >= 0.3 is 5.97 Å². The Morgan fingerprint density at radius 3 is 1.90 bits per heavy atom. The molecule has 0 rings (SSSR count). The topological polar surface area (TPSA) is 55.4 Å². The standard InChI is InChI=1S/C16H31NO3/c1-3-4-5-6-7-8-9-10-11-12-15(18)13-14-16(19)20-17-2/h17H,3-14H2,1-2H3. The lowest BCUT2D eigenvalue weighted by atomic mass is 10.0. The summed E-state index contributed by atoms with van der Waals surface area (Å²) < 4.78 is 0. The van der Waals surface area contributed by atoms with Gasteiger partial charge in [-0.3, -0.25) is 9.59 Å². The second kappa shape index (κ2) is 14.5. The zero-order valence-corrected chi connectivity index (χ0v) is 13.2. The van der Waals surface area contributed by atoms with Crippen molar-refractivity contribution in [3.8, 4) is 0 Å². The molecule has 0 radical (unpaired) electrons. The SMILES string of the molecule is CCCCCCCCCCCC(=O)CCC(=O)ONC. The summed E-state index contributed by atoms with van der Waals surface area (Å²) in [5.74, 6) is -0.200. The van der Waals surface area contributed by atoms with Crippen molar-refractivity contribution in [2.75, 3.05) is 7.05 Å². The first-order valence-electron chi connectivity index (χ1n) is 8.08. The number of Topliss-reactive ketones (excluding diaryl/α,β-unsaturated/α-hetero) is 1. The summed E-state index contributed by atoms with van der Waals surface area (Å²) in [5, 5.41) is 0. The molecule has 0 saturated heterocycles. The molecule has 0 aromatic rings. The van der Waals surface area contributed by atoms with Crippen LogP contribution in [0.3, 0.4) is 0 Å². The van der Waals surface area contributed by atoms with E-state index in [0.717, 1.165) is 12.8 Å². The number of carbonyl (C=O) groups excluding carboxylic acids is 2. The van der Waals surface area contributed by atoms with Crippen LogP contribution in [0.2, 0.25) is 0 Å². The summed E-state index contributed by atoms with van der Waals surface area (Å²) in [6.07, 6.45) is 12.3. The highest BCUT2D eigenvalue weighted by atomic mass is 16.7. The molecule has 1 N–H and O–H groups in total. The van der Waals surface area contributed by atoms with Crippen molar-refractivity contribution in [2.24, 2.45) is 0 Å². The van der Waals surface area contributed by atoms with Crippen molar-refractivity contribution in [1.29, 1.82) is 0 Å². The molecule has 0 aliphatic carbocycles. The lowest BCUT2D eigenvalue weighted by molar-refractivity contribution is -0.150. The number of ketones is 1. The average molecular weight is 285 g/mol. The highest BCUT2D eigenvalue weighted by Gasteiger charge is 2.07. The molecular formula is C16H31NO3. The maximum absolute atomic E-state index is 11.5. The molecule has 20 heavy (non-hydrogen) atoms. The van der Waals surface area contributed by atoms with Crippen molar-refractivity contribution >= 4 is 11.8 Å². The number of hydroxylamine groups is 1. The molecule has 0 spiro atoms. The maximum Gasteiger partial charge on any atom is 0.325 e. The third-order valence-corrected chi connectivity index (χ3v) is 3.38. The Kier molecular flexibility index (Phi) is 13.9. The molecule has 0 aliphatic heterocycles. The van der Waals surface area contributed by atoms with E-state index < -0.39 is 0 Å². The van der Waals surface area contributed by atoms with E-state index in [1.807, 2.05) is 0 Å². The van der Waals surface area contributed by atoms with Gasteiger partial charge in [-0.1, -0.05) is 58.3 Å². The number of hydrogen-bond donors (Lipinski definition) is 1. The van der Waals surface area contributed by atoms with Gasteiger partial charge in [0.2, 0.25) is 0 Å². The summed E-state index contributed by atoms with van der Waals surface area (Å²) in [6, 6.07) is 0. The van der Waals surface area contributed by atoms with Crippen LogP contribution in [0.1, 0.15) is 84.0 Å². The van der Waals surface area contributed by atoms with Gasteiger partial charge in [0.25, 0.3) is 0 Å². The molecule has 4 heteroatoms. The Morgan fingerprint density at radius 1 is 0.800 bits per heavy atom. The van der Waals surface area contributed by atoms with E-state index in [1.54, 1.807) is 0 Å². The monoisotopic (exact) mass is 285 g/mol. The smallest absolute Gasteiger partial charge is 0.325 e. The molecule has 0 atom stereocenters. The van der Waals surface area contributed by atoms with Crippen molar-refractivity contribution < 1.29 is 14.4 Å². The molecule has 0 aromatic carbocycles. The van der Waals surface area contributed by atoms with Gasteiger partial charge in [0.1, 0.15) is 5.78 Å². The molecule has 0 aliphatic rings. The van der Waals surface area contributed by atoms with Gasteiger partial charge in [0.15, 0.2) is 0 Å². The van der Waals surface area contributed by atoms with Gasteiger partial charge in [0.05, 0.1) is 6.42 Å². The minimum Gasteiger partial charge on any atom is -0.371 e. The van der Waals surface area contributed by atoms with Crippen molar-refractivity contribution in [1.82, 2.24) is 5.48 Å². The van der Waals surface area contributed by atoms with Crippen molar-refractivity contribution in [2.45, 2.75) is 84.0 Å². The van der Waals surface area contributed by atoms with Crippen LogP contribution in [0.4, 0.5) is 0 Å². The lowest BCUT2D eigenvalue weighted by Gasteiger charge is -2.03. The number of carbonyl (C=O) groups is 2.